The van der Waals surface area contributed by atoms with Gasteiger partial charge in [0.1, 0.15) is 5.82 Å². The summed E-state index contributed by atoms with van der Waals surface area (Å²) in [5.41, 5.74) is 6.62. The van der Waals surface area contributed by atoms with Crippen LogP contribution in [0.3, 0.4) is 0 Å². The van der Waals surface area contributed by atoms with E-state index < -0.39 is 12.0 Å². The third kappa shape index (κ3) is 2.12. The minimum Gasteiger partial charge on any atom is -0.480 e. The molecule has 1 aliphatic heterocycles. The molecular formula is C13H13ClN4O2. The zero-order chi connectivity index (χ0) is 14.3. The van der Waals surface area contributed by atoms with Crippen molar-refractivity contribution >= 4 is 23.5 Å². The lowest BCUT2D eigenvalue weighted by Crippen LogP contribution is -2.28. The average Bonchev–Trinajstić information content (AvgIpc) is 2.78. The number of fused-ring (bicyclic) bond motifs is 1. The lowest BCUT2D eigenvalue weighted by molar-refractivity contribution is -0.141. The number of rotatable bonds is 2. The van der Waals surface area contributed by atoms with Gasteiger partial charge in [-0.15, -0.1) is 5.10 Å². The second-order valence-corrected chi connectivity index (χ2v) is 5.25. The summed E-state index contributed by atoms with van der Waals surface area (Å²) in [6, 6.07) is 6.78. The molecule has 0 spiro atoms. The Morgan fingerprint density at radius 2 is 2.25 bits per heavy atom. The second kappa shape index (κ2) is 4.79. The van der Waals surface area contributed by atoms with Crippen molar-refractivity contribution in [2.75, 3.05) is 5.73 Å². The number of nitrogen functional groups attached to an aromatic ring is 1. The lowest BCUT2D eigenvalue weighted by Gasteiger charge is -2.26. The Morgan fingerprint density at radius 1 is 1.45 bits per heavy atom. The van der Waals surface area contributed by atoms with Crippen LogP contribution in [0, 0.1) is 0 Å². The molecule has 1 aliphatic rings. The summed E-state index contributed by atoms with van der Waals surface area (Å²) >= 11 is 6.01. The highest BCUT2D eigenvalue weighted by Crippen LogP contribution is 2.37. The zero-order valence-corrected chi connectivity index (χ0v) is 11.3. The second-order valence-electron chi connectivity index (χ2n) is 4.81. The Hall–Kier alpha value is -2.08. The van der Waals surface area contributed by atoms with Crippen molar-refractivity contribution < 1.29 is 9.90 Å². The summed E-state index contributed by atoms with van der Waals surface area (Å²) in [6.45, 7) is 0. The van der Waals surface area contributed by atoms with Crippen LogP contribution >= 0.6 is 11.6 Å². The summed E-state index contributed by atoms with van der Waals surface area (Å²) in [5, 5.41) is 13.9. The van der Waals surface area contributed by atoms with Gasteiger partial charge in [-0.1, -0.05) is 23.7 Å². The van der Waals surface area contributed by atoms with Crippen molar-refractivity contribution in [3.63, 3.8) is 0 Å². The summed E-state index contributed by atoms with van der Waals surface area (Å²) in [6.07, 6.45) is 1.16. The molecule has 2 aromatic rings. The minimum atomic E-state index is -0.916. The number of hydrogen-bond donors (Lipinski definition) is 2. The van der Waals surface area contributed by atoms with Crippen molar-refractivity contribution in [3.05, 3.63) is 40.7 Å². The van der Waals surface area contributed by atoms with Crippen molar-refractivity contribution in [2.24, 2.45) is 0 Å². The molecule has 1 aromatic heterocycles. The van der Waals surface area contributed by atoms with Gasteiger partial charge in [0.2, 0.25) is 5.95 Å². The van der Waals surface area contributed by atoms with Gasteiger partial charge < -0.3 is 10.8 Å². The highest BCUT2D eigenvalue weighted by molar-refractivity contribution is 6.30. The standard InChI is InChI=1S/C13H13ClN4O2/c14-8-3-1-2-7(6-8)9-4-5-10(12(19)20)18-11(9)16-13(15)17-18/h1-3,6,9-10H,4-5H2,(H2,15,17)(H,19,20). The van der Waals surface area contributed by atoms with Gasteiger partial charge in [0.05, 0.1) is 0 Å². The van der Waals surface area contributed by atoms with Gasteiger partial charge in [-0.25, -0.2) is 9.48 Å². The van der Waals surface area contributed by atoms with Gasteiger partial charge in [-0.05, 0) is 30.5 Å². The average molecular weight is 293 g/mol. The third-order valence-corrected chi connectivity index (χ3v) is 3.78. The van der Waals surface area contributed by atoms with Crippen LogP contribution in [0.5, 0.6) is 0 Å². The number of nitrogens with two attached hydrogens (primary N) is 1. The summed E-state index contributed by atoms with van der Waals surface area (Å²) in [4.78, 5) is 15.5. The van der Waals surface area contributed by atoms with Crippen LogP contribution in [0.1, 0.15) is 36.2 Å². The number of hydrogen-bond acceptors (Lipinski definition) is 4. The number of carbonyl (C=O) groups is 1. The Morgan fingerprint density at radius 3 is 2.95 bits per heavy atom. The van der Waals surface area contributed by atoms with Crippen molar-refractivity contribution in [1.82, 2.24) is 14.8 Å². The maximum atomic E-state index is 11.3. The van der Waals surface area contributed by atoms with Gasteiger partial charge in [-0.3, -0.25) is 0 Å². The van der Waals surface area contributed by atoms with E-state index in [9.17, 15) is 9.90 Å². The first-order chi connectivity index (χ1) is 9.56. The summed E-state index contributed by atoms with van der Waals surface area (Å²) in [5.74, 6) is -0.265. The quantitative estimate of drug-likeness (QED) is 0.883. The molecule has 0 saturated heterocycles. The fourth-order valence-corrected chi connectivity index (χ4v) is 2.86. The molecule has 20 heavy (non-hydrogen) atoms. The topological polar surface area (TPSA) is 94.0 Å². The van der Waals surface area contributed by atoms with E-state index in [0.29, 0.717) is 23.7 Å². The van der Waals surface area contributed by atoms with E-state index in [2.05, 4.69) is 10.1 Å². The van der Waals surface area contributed by atoms with E-state index in [-0.39, 0.29) is 11.9 Å². The highest BCUT2D eigenvalue weighted by atomic mass is 35.5. The molecule has 0 radical (unpaired) electrons. The molecule has 0 saturated carbocycles. The third-order valence-electron chi connectivity index (χ3n) is 3.55. The fourth-order valence-electron chi connectivity index (χ4n) is 2.66. The monoisotopic (exact) mass is 292 g/mol. The Balaban J connectivity index is 2.07. The predicted molar refractivity (Wildman–Crippen MR) is 73.6 cm³/mol. The molecule has 104 valence electrons. The number of carboxylic acids is 1. The van der Waals surface area contributed by atoms with Crippen molar-refractivity contribution in [3.8, 4) is 0 Å². The number of nitrogens with zero attached hydrogens (tertiary/aromatic N) is 3. The van der Waals surface area contributed by atoms with E-state index in [1.807, 2.05) is 18.2 Å². The number of aromatic nitrogens is 3. The largest absolute Gasteiger partial charge is 0.480 e. The van der Waals surface area contributed by atoms with Crippen LogP contribution in [0.25, 0.3) is 0 Å². The molecule has 0 amide bonds. The molecule has 3 N–H and O–H groups in total. The first-order valence-electron chi connectivity index (χ1n) is 6.26. The van der Waals surface area contributed by atoms with Crippen LogP contribution in [0.2, 0.25) is 5.02 Å². The molecule has 7 heteroatoms. The Bertz CT molecular complexity index is 670. The summed E-state index contributed by atoms with van der Waals surface area (Å²) in [7, 11) is 0. The molecule has 3 rings (SSSR count). The first-order valence-corrected chi connectivity index (χ1v) is 6.64. The van der Waals surface area contributed by atoms with Crippen LogP contribution in [0.15, 0.2) is 24.3 Å². The Labute approximate surface area is 120 Å². The van der Waals surface area contributed by atoms with Crippen molar-refractivity contribution in [2.45, 2.75) is 24.8 Å². The predicted octanol–water partition coefficient (Wildman–Crippen LogP) is 2.07. The van der Waals surface area contributed by atoms with Crippen LogP contribution in [-0.4, -0.2) is 25.8 Å². The van der Waals surface area contributed by atoms with E-state index in [1.165, 1.54) is 4.68 Å². The van der Waals surface area contributed by atoms with E-state index in [4.69, 9.17) is 17.3 Å². The summed E-state index contributed by atoms with van der Waals surface area (Å²) < 4.78 is 1.42. The van der Waals surface area contributed by atoms with E-state index in [0.717, 1.165) is 5.56 Å². The van der Waals surface area contributed by atoms with Crippen molar-refractivity contribution in [1.29, 1.82) is 0 Å². The van der Waals surface area contributed by atoms with Gasteiger partial charge >= 0.3 is 5.97 Å². The molecule has 0 bridgehead atoms. The molecule has 6 nitrogen and oxygen atoms in total. The smallest absolute Gasteiger partial charge is 0.328 e. The molecule has 2 atom stereocenters. The maximum absolute atomic E-state index is 11.3. The maximum Gasteiger partial charge on any atom is 0.328 e. The lowest BCUT2D eigenvalue weighted by atomic mass is 9.88. The van der Waals surface area contributed by atoms with Gasteiger partial charge in [-0.2, -0.15) is 4.98 Å². The van der Waals surface area contributed by atoms with Gasteiger partial charge in [0.25, 0.3) is 0 Å². The first kappa shape index (κ1) is 12.9. The van der Waals surface area contributed by atoms with Crippen LogP contribution in [0.4, 0.5) is 5.95 Å². The van der Waals surface area contributed by atoms with E-state index >= 15 is 0 Å². The fraction of sp³-hybridized carbons (Fsp3) is 0.308. The number of carboxylic acid groups (broad SMARTS) is 1. The molecule has 0 aliphatic carbocycles. The minimum absolute atomic E-state index is 0.0332. The van der Waals surface area contributed by atoms with Gasteiger partial charge in [0, 0.05) is 10.9 Å². The Kier molecular flexibility index (Phi) is 3.10. The molecule has 0 fully saturated rings. The number of anilines is 1. The van der Waals surface area contributed by atoms with E-state index in [1.54, 1.807) is 6.07 Å². The zero-order valence-electron chi connectivity index (χ0n) is 10.5. The van der Waals surface area contributed by atoms with Crippen LogP contribution in [-0.2, 0) is 4.79 Å². The van der Waals surface area contributed by atoms with Crippen LogP contribution < -0.4 is 5.73 Å². The number of halogens is 1. The molecule has 2 unspecified atom stereocenters. The normalized spacial score (nSPS) is 21.4. The molecular weight excluding hydrogens is 280 g/mol. The molecule has 1 aromatic carbocycles. The number of benzene rings is 1. The number of aliphatic carboxylic acids is 1. The molecule has 2 heterocycles. The SMILES string of the molecule is Nc1nc2n(n1)C(C(=O)O)CCC2c1cccc(Cl)c1. The van der Waals surface area contributed by atoms with Gasteiger partial charge in [0.15, 0.2) is 6.04 Å². The highest BCUT2D eigenvalue weighted by Gasteiger charge is 2.34.